The van der Waals surface area contributed by atoms with Crippen LogP contribution >= 0.6 is 0 Å². The topological polar surface area (TPSA) is 43.1 Å². The Hall–Kier alpha value is -0.370. The summed E-state index contributed by atoms with van der Waals surface area (Å²) in [6, 6.07) is 0. The van der Waals surface area contributed by atoms with Crippen molar-refractivity contribution < 1.29 is 4.79 Å². The van der Waals surface area contributed by atoms with Crippen molar-refractivity contribution in [3.8, 4) is 0 Å². The minimum atomic E-state index is 0.251. The second kappa shape index (κ2) is 5.30. The second-order valence-corrected chi connectivity index (χ2v) is 3.64. The van der Waals surface area contributed by atoms with Crippen LogP contribution in [0.2, 0.25) is 0 Å². The van der Waals surface area contributed by atoms with Gasteiger partial charge in [0.25, 0.3) is 0 Å². The van der Waals surface area contributed by atoms with Gasteiger partial charge in [-0.3, -0.25) is 0 Å². The smallest absolute Gasteiger partial charge is 0.130 e. The van der Waals surface area contributed by atoms with Crippen LogP contribution in [-0.2, 0) is 4.79 Å². The van der Waals surface area contributed by atoms with E-state index in [-0.39, 0.29) is 5.78 Å². The Morgan fingerprint density at radius 2 is 2.00 bits per heavy atom. The summed E-state index contributed by atoms with van der Waals surface area (Å²) in [6.07, 6.45) is 1.71. The highest BCUT2D eigenvalue weighted by molar-refractivity contribution is 5.75. The zero-order valence-corrected chi connectivity index (χ0v) is 7.76. The summed E-state index contributed by atoms with van der Waals surface area (Å²) in [4.78, 5) is 10.7. The van der Waals surface area contributed by atoms with Crippen molar-refractivity contribution in [1.82, 2.24) is 0 Å². The van der Waals surface area contributed by atoms with Crippen LogP contribution in [0.15, 0.2) is 0 Å². The number of carbonyl (C=O) groups excluding carboxylic acids is 1. The molecule has 2 N–H and O–H groups in total. The molecule has 0 aliphatic rings. The van der Waals surface area contributed by atoms with Crippen molar-refractivity contribution in [2.24, 2.45) is 17.6 Å². The van der Waals surface area contributed by atoms with Gasteiger partial charge in [0.2, 0.25) is 0 Å². The van der Waals surface area contributed by atoms with E-state index in [0.29, 0.717) is 24.8 Å². The monoisotopic (exact) mass is 157 g/mol. The number of carbonyl (C=O) groups is 1. The molecule has 0 heterocycles. The number of hydrogen-bond acceptors (Lipinski definition) is 2. The van der Waals surface area contributed by atoms with Crippen molar-refractivity contribution in [2.45, 2.75) is 33.6 Å². The summed E-state index contributed by atoms with van der Waals surface area (Å²) in [7, 11) is 0. The van der Waals surface area contributed by atoms with Crippen molar-refractivity contribution in [1.29, 1.82) is 0 Å². The molecular formula is C9H19NO. The summed E-state index contributed by atoms with van der Waals surface area (Å²) in [5.41, 5.74) is 5.52. The van der Waals surface area contributed by atoms with Crippen molar-refractivity contribution in [2.75, 3.05) is 6.54 Å². The number of rotatable bonds is 5. The van der Waals surface area contributed by atoms with E-state index in [2.05, 4.69) is 13.8 Å². The van der Waals surface area contributed by atoms with Crippen molar-refractivity contribution in [3.63, 3.8) is 0 Å². The highest BCUT2D eigenvalue weighted by Crippen LogP contribution is 2.13. The van der Waals surface area contributed by atoms with E-state index in [9.17, 15) is 4.79 Å². The van der Waals surface area contributed by atoms with Gasteiger partial charge in [0.1, 0.15) is 5.78 Å². The molecule has 0 aromatic heterocycles. The highest BCUT2D eigenvalue weighted by atomic mass is 16.1. The van der Waals surface area contributed by atoms with E-state index in [1.807, 2.05) is 0 Å². The molecule has 11 heavy (non-hydrogen) atoms. The van der Waals surface area contributed by atoms with Crippen LogP contribution in [0.25, 0.3) is 0 Å². The quantitative estimate of drug-likeness (QED) is 0.658. The molecule has 0 fully saturated rings. The Morgan fingerprint density at radius 3 is 2.27 bits per heavy atom. The summed E-state index contributed by atoms with van der Waals surface area (Å²) in [5.74, 6) is 1.29. The van der Waals surface area contributed by atoms with Crippen molar-refractivity contribution in [3.05, 3.63) is 0 Å². The number of nitrogens with two attached hydrogens (primary N) is 1. The third kappa shape index (κ3) is 6.05. The van der Waals surface area contributed by atoms with Gasteiger partial charge in [-0.05, 0) is 31.7 Å². The molecule has 0 aliphatic carbocycles. The summed E-state index contributed by atoms with van der Waals surface area (Å²) < 4.78 is 0. The first-order chi connectivity index (χ1) is 5.06. The fourth-order valence-electron chi connectivity index (χ4n) is 1.34. The van der Waals surface area contributed by atoms with Gasteiger partial charge in [0.15, 0.2) is 0 Å². The van der Waals surface area contributed by atoms with Crippen molar-refractivity contribution >= 4 is 5.78 Å². The summed E-state index contributed by atoms with van der Waals surface area (Å²) >= 11 is 0. The molecule has 0 aliphatic heterocycles. The van der Waals surface area contributed by atoms with Crippen LogP contribution in [0, 0.1) is 11.8 Å². The normalized spacial score (nSPS) is 13.5. The van der Waals surface area contributed by atoms with Gasteiger partial charge >= 0.3 is 0 Å². The minimum absolute atomic E-state index is 0.251. The zero-order chi connectivity index (χ0) is 8.85. The predicted octanol–water partition coefficient (Wildman–Crippen LogP) is 1.59. The largest absolute Gasteiger partial charge is 0.330 e. The van der Waals surface area contributed by atoms with E-state index in [4.69, 9.17) is 5.73 Å². The van der Waals surface area contributed by atoms with Gasteiger partial charge in [-0.25, -0.2) is 0 Å². The molecule has 0 amide bonds. The molecule has 0 unspecified atom stereocenters. The van der Waals surface area contributed by atoms with Crippen LogP contribution < -0.4 is 5.73 Å². The molecule has 1 atom stereocenters. The van der Waals surface area contributed by atoms with Gasteiger partial charge in [0.05, 0.1) is 0 Å². The Labute approximate surface area is 69.2 Å². The third-order valence-corrected chi connectivity index (χ3v) is 1.71. The van der Waals surface area contributed by atoms with E-state index in [1.54, 1.807) is 6.92 Å². The van der Waals surface area contributed by atoms with Gasteiger partial charge in [-0.15, -0.1) is 0 Å². The van der Waals surface area contributed by atoms with Crippen LogP contribution in [0.5, 0.6) is 0 Å². The van der Waals surface area contributed by atoms with Gasteiger partial charge in [-0.2, -0.15) is 0 Å². The molecule has 2 nitrogen and oxygen atoms in total. The fourth-order valence-corrected chi connectivity index (χ4v) is 1.34. The molecule has 0 aromatic carbocycles. The number of Topliss-reactive ketones (excluding diaryl/α,β-unsaturated/α-hetero) is 1. The highest BCUT2D eigenvalue weighted by Gasteiger charge is 2.10. The molecule has 0 spiro atoms. The zero-order valence-electron chi connectivity index (χ0n) is 7.76. The second-order valence-electron chi connectivity index (χ2n) is 3.64. The van der Waals surface area contributed by atoms with Crippen LogP contribution in [0.4, 0.5) is 0 Å². The van der Waals surface area contributed by atoms with E-state index in [1.165, 1.54) is 0 Å². The molecule has 0 radical (unpaired) electrons. The molecule has 0 saturated heterocycles. The molecular weight excluding hydrogens is 138 g/mol. The molecule has 0 aromatic rings. The van der Waals surface area contributed by atoms with Crippen LogP contribution in [-0.4, -0.2) is 12.3 Å². The summed E-state index contributed by atoms with van der Waals surface area (Å²) in [6.45, 7) is 6.58. The lowest BCUT2D eigenvalue weighted by molar-refractivity contribution is -0.117. The van der Waals surface area contributed by atoms with Gasteiger partial charge in [0, 0.05) is 6.42 Å². The Morgan fingerprint density at radius 1 is 1.45 bits per heavy atom. The maximum atomic E-state index is 10.7. The van der Waals surface area contributed by atoms with Gasteiger partial charge in [-0.1, -0.05) is 13.8 Å². The van der Waals surface area contributed by atoms with E-state index >= 15 is 0 Å². The third-order valence-electron chi connectivity index (χ3n) is 1.71. The van der Waals surface area contributed by atoms with E-state index < -0.39 is 0 Å². The SMILES string of the molecule is CC(=O)C[C@H](CN)CC(C)C. The Bertz CT molecular complexity index is 121. The minimum Gasteiger partial charge on any atom is -0.330 e. The predicted molar refractivity (Wildman–Crippen MR) is 47.3 cm³/mol. The Kier molecular flexibility index (Phi) is 5.12. The first kappa shape index (κ1) is 10.6. The average molecular weight is 157 g/mol. The van der Waals surface area contributed by atoms with Crippen LogP contribution in [0.3, 0.4) is 0 Å². The molecule has 2 heteroatoms. The lowest BCUT2D eigenvalue weighted by Gasteiger charge is -2.14. The first-order valence-electron chi connectivity index (χ1n) is 4.25. The Balaban J connectivity index is 3.66. The lowest BCUT2D eigenvalue weighted by Crippen LogP contribution is -2.18. The van der Waals surface area contributed by atoms with Crippen LogP contribution in [0.1, 0.15) is 33.6 Å². The summed E-state index contributed by atoms with van der Waals surface area (Å²) in [5, 5.41) is 0. The van der Waals surface area contributed by atoms with E-state index in [0.717, 1.165) is 6.42 Å². The van der Waals surface area contributed by atoms with Gasteiger partial charge < -0.3 is 10.5 Å². The number of ketones is 1. The maximum absolute atomic E-state index is 10.7. The number of hydrogen-bond donors (Lipinski definition) is 1. The standard InChI is InChI=1S/C9H19NO/c1-7(2)4-9(6-10)5-8(3)11/h7,9H,4-6,10H2,1-3H3/t9-/m1/s1. The first-order valence-corrected chi connectivity index (χ1v) is 4.25. The fraction of sp³-hybridized carbons (Fsp3) is 0.889. The molecule has 0 bridgehead atoms. The molecule has 0 rings (SSSR count). The average Bonchev–Trinajstić information content (AvgIpc) is 1.84. The maximum Gasteiger partial charge on any atom is 0.130 e. The lowest BCUT2D eigenvalue weighted by atomic mass is 9.93. The molecule has 66 valence electrons. The molecule has 0 saturated carbocycles.